The van der Waals surface area contributed by atoms with Gasteiger partial charge in [0, 0.05) is 23.1 Å². The highest BCUT2D eigenvalue weighted by Gasteiger charge is 2.08. The van der Waals surface area contributed by atoms with E-state index in [-0.39, 0.29) is 6.03 Å². The van der Waals surface area contributed by atoms with Gasteiger partial charge in [-0.1, -0.05) is 30.3 Å². The van der Waals surface area contributed by atoms with Crippen molar-refractivity contribution in [3.05, 3.63) is 96.3 Å². The largest absolute Gasteiger partial charge is 0.438 e. The van der Waals surface area contributed by atoms with Crippen molar-refractivity contribution in [2.45, 2.75) is 13.8 Å². The molecule has 0 radical (unpaired) electrons. The molecule has 2 amide bonds. The summed E-state index contributed by atoms with van der Waals surface area (Å²) in [5.41, 5.74) is 3.25. The van der Waals surface area contributed by atoms with Crippen LogP contribution < -0.4 is 15.4 Å². The maximum absolute atomic E-state index is 12.4. The average Bonchev–Trinajstić information content (AvgIpc) is 3.18. The Bertz CT molecular complexity index is 1460. The maximum atomic E-state index is 12.4. The number of rotatable bonds is 5. The number of urea groups is 1. The third kappa shape index (κ3) is 4.71. The van der Waals surface area contributed by atoms with E-state index in [1.807, 2.05) is 62.4 Å². The van der Waals surface area contributed by atoms with E-state index >= 15 is 0 Å². The lowest BCUT2D eigenvalue weighted by Gasteiger charge is -2.10. The molecule has 0 aliphatic heterocycles. The van der Waals surface area contributed by atoms with Gasteiger partial charge in [-0.05, 0) is 73.2 Å². The number of hydrogen-bond acceptors (Lipinski definition) is 5. The highest BCUT2D eigenvalue weighted by atomic mass is 16.5. The number of ether oxygens (including phenoxy) is 1. The smallest absolute Gasteiger partial charge is 0.323 e. The van der Waals surface area contributed by atoms with Crippen molar-refractivity contribution < 1.29 is 9.53 Å². The standard InChI is InChI=1S/C26H22N6O2/c1-17-15-18(2)32(31-17)24-13-14-25(30-29-24)34-23-11-9-21(10-12-23)27-26(33)28-22-8-7-19-5-3-4-6-20(19)16-22/h3-16H,1-2H3,(H2,27,28,33). The predicted molar refractivity (Wildman–Crippen MR) is 132 cm³/mol. The number of nitrogens with one attached hydrogen (secondary N) is 2. The van der Waals surface area contributed by atoms with E-state index in [4.69, 9.17) is 4.74 Å². The van der Waals surface area contributed by atoms with Crippen LogP contribution in [0.5, 0.6) is 11.6 Å². The lowest BCUT2D eigenvalue weighted by Crippen LogP contribution is -2.19. The molecule has 0 aliphatic carbocycles. The fourth-order valence-electron chi connectivity index (χ4n) is 3.63. The van der Waals surface area contributed by atoms with Gasteiger partial charge in [-0.3, -0.25) is 0 Å². The minimum atomic E-state index is -0.324. The van der Waals surface area contributed by atoms with Gasteiger partial charge in [0.25, 0.3) is 0 Å². The maximum Gasteiger partial charge on any atom is 0.323 e. The van der Waals surface area contributed by atoms with Crippen molar-refractivity contribution in [2.24, 2.45) is 0 Å². The number of amides is 2. The molecule has 0 unspecified atom stereocenters. The summed E-state index contributed by atoms with van der Waals surface area (Å²) in [5.74, 6) is 1.56. The first-order valence-corrected chi connectivity index (χ1v) is 10.8. The van der Waals surface area contributed by atoms with E-state index in [0.717, 1.165) is 27.8 Å². The predicted octanol–water partition coefficient (Wildman–Crippen LogP) is 5.87. The van der Waals surface area contributed by atoms with E-state index in [1.54, 1.807) is 41.1 Å². The third-order valence-corrected chi connectivity index (χ3v) is 5.19. The monoisotopic (exact) mass is 450 g/mol. The highest BCUT2D eigenvalue weighted by Crippen LogP contribution is 2.23. The van der Waals surface area contributed by atoms with Crippen LogP contribution in [0.3, 0.4) is 0 Å². The molecule has 34 heavy (non-hydrogen) atoms. The second kappa shape index (κ2) is 9.03. The SMILES string of the molecule is Cc1cc(C)n(-c2ccc(Oc3ccc(NC(=O)Nc4ccc5ccccc5c4)cc3)nn2)n1. The molecule has 2 aromatic heterocycles. The molecule has 0 aliphatic rings. The van der Waals surface area contributed by atoms with Crippen LogP contribution in [-0.2, 0) is 0 Å². The number of carbonyl (C=O) groups excluding carboxylic acids is 1. The number of anilines is 2. The van der Waals surface area contributed by atoms with E-state index in [2.05, 4.69) is 25.9 Å². The normalized spacial score (nSPS) is 10.8. The molecule has 3 aromatic carbocycles. The molecular weight excluding hydrogens is 428 g/mol. The lowest BCUT2D eigenvalue weighted by atomic mass is 10.1. The Morgan fingerprint density at radius 2 is 1.53 bits per heavy atom. The van der Waals surface area contributed by atoms with Gasteiger partial charge >= 0.3 is 6.03 Å². The average molecular weight is 451 g/mol. The number of aryl methyl sites for hydroxylation is 2. The minimum absolute atomic E-state index is 0.324. The highest BCUT2D eigenvalue weighted by molar-refractivity contribution is 6.01. The van der Waals surface area contributed by atoms with Crippen molar-refractivity contribution in [3.8, 4) is 17.4 Å². The van der Waals surface area contributed by atoms with Crippen LogP contribution in [0.2, 0.25) is 0 Å². The van der Waals surface area contributed by atoms with Crippen molar-refractivity contribution in [3.63, 3.8) is 0 Å². The Morgan fingerprint density at radius 3 is 2.24 bits per heavy atom. The number of aromatic nitrogens is 4. The Hall–Kier alpha value is -4.72. The first kappa shape index (κ1) is 21.1. The van der Waals surface area contributed by atoms with Crippen molar-refractivity contribution in [1.29, 1.82) is 0 Å². The number of fused-ring (bicyclic) bond motifs is 1. The van der Waals surface area contributed by atoms with Crippen LogP contribution in [0.25, 0.3) is 16.6 Å². The minimum Gasteiger partial charge on any atom is -0.438 e. The van der Waals surface area contributed by atoms with Gasteiger partial charge < -0.3 is 15.4 Å². The van der Waals surface area contributed by atoms with Crippen LogP contribution in [-0.4, -0.2) is 26.0 Å². The van der Waals surface area contributed by atoms with Gasteiger partial charge in [-0.2, -0.15) is 5.10 Å². The van der Waals surface area contributed by atoms with Crippen LogP contribution in [0.1, 0.15) is 11.4 Å². The molecule has 0 fully saturated rings. The Balaban J connectivity index is 1.19. The first-order chi connectivity index (χ1) is 16.5. The zero-order valence-corrected chi connectivity index (χ0v) is 18.7. The molecule has 0 spiro atoms. The van der Waals surface area contributed by atoms with E-state index < -0.39 is 0 Å². The second-order valence-corrected chi connectivity index (χ2v) is 7.84. The Kier molecular flexibility index (Phi) is 5.61. The molecule has 2 N–H and O–H groups in total. The summed E-state index contributed by atoms with van der Waals surface area (Å²) in [7, 11) is 0. The molecule has 0 saturated carbocycles. The summed E-state index contributed by atoms with van der Waals surface area (Å²) >= 11 is 0. The van der Waals surface area contributed by atoms with Gasteiger partial charge in [0.15, 0.2) is 5.82 Å². The number of nitrogens with zero attached hydrogens (tertiary/aromatic N) is 4. The topological polar surface area (TPSA) is 94.0 Å². The van der Waals surface area contributed by atoms with Crippen molar-refractivity contribution in [1.82, 2.24) is 20.0 Å². The van der Waals surface area contributed by atoms with Crippen LogP contribution >= 0.6 is 0 Å². The van der Waals surface area contributed by atoms with Gasteiger partial charge in [0.2, 0.25) is 5.88 Å². The third-order valence-electron chi connectivity index (χ3n) is 5.19. The zero-order valence-electron chi connectivity index (χ0n) is 18.7. The molecule has 5 rings (SSSR count). The number of carbonyl (C=O) groups is 1. The number of hydrogen-bond donors (Lipinski definition) is 2. The van der Waals surface area contributed by atoms with Crippen molar-refractivity contribution in [2.75, 3.05) is 10.6 Å². The summed E-state index contributed by atoms with van der Waals surface area (Å²) in [6.45, 7) is 3.89. The van der Waals surface area contributed by atoms with E-state index in [9.17, 15) is 4.79 Å². The molecule has 8 heteroatoms. The summed E-state index contributed by atoms with van der Waals surface area (Å²) < 4.78 is 7.50. The summed E-state index contributed by atoms with van der Waals surface area (Å²) in [6, 6.07) is 26.0. The summed E-state index contributed by atoms with van der Waals surface area (Å²) in [4.78, 5) is 12.4. The Morgan fingerprint density at radius 1 is 0.794 bits per heavy atom. The van der Waals surface area contributed by atoms with E-state index in [1.165, 1.54) is 0 Å². The van der Waals surface area contributed by atoms with Crippen LogP contribution in [0.4, 0.5) is 16.2 Å². The fraction of sp³-hybridized carbons (Fsp3) is 0.0769. The summed E-state index contributed by atoms with van der Waals surface area (Å²) in [5, 5.41) is 20.6. The molecule has 0 bridgehead atoms. The quantitative estimate of drug-likeness (QED) is 0.349. The van der Waals surface area contributed by atoms with Gasteiger partial charge in [-0.15, -0.1) is 10.2 Å². The lowest BCUT2D eigenvalue weighted by molar-refractivity contribution is 0.262. The molecule has 8 nitrogen and oxygen atoms in total. The van der Waals surface area contributed by atoms with Gasteiger partial charge in [0.1, 0.15) is 5.75 Å². The Labute approximate surface area is 196 Å². The number of benzene rings is 3. The molecule has 5 aromatic rings. The second-order valence-electron chi connectivity index (χ2n) is 7.84. The summed E-state index contributed by atoms with van der Waals surface area (Å²) in [6.07, 6.45) is 0. The molecule has 2 heterocycles. The molecule has 0 saturated heterocycles. The van der Waals surface area contributed by atoms with Crippen molar-refractivity contribution >= 4 is 28.2 Å². The van der Waals surface area contributed by atoms with E-state index in [0.29, 0.717) is 23.1 Å². The molecule has 168 valence electrons. The van der Waals surface area contributed by atoms with Gasteiger partial charge in [0.05, 0.1) is 5.69 Å². The first-order valence-electron chi connectivity index (χ1n) is 10.8. The molecule has 0 atom stereocenters. The fourth-order valence-corrected chi connectivity index (χ4v) is 3.63. The van der Waals surface area contributed by atoms with Crippen LogP contribution in [0.15, 0.2) is 84.9 Å². The van der Waals surface area contributed by atoms with Gasteiger partial charge in [-0.25, -0.2) is 9.48 Å². The zero-order chi connectivity index (χ0) is 23.5. The van der Waals surface area contributed by atoms with Crippen LogP contribution in [0, 0.1) is 13.8 Å². The molecular formula is C26H22N6O2.